The molecule has 2 heteroatoms. The molecule has 0 spiro atoms. The second kappa shape index (κ2) is 3.82. The third kappa shape index (κ3) is 2.48. The minimum atomic E-state index is 0.476. The van der Waals surface area contributed by atoms with Crippen molar-refractivity contribution in [3.63, 3.8) is 0 Å². The van der Waals surface area contributed by atoms with E-state index < -0.39 is 0 Å². The molecule has 2 aliphatic carbocycles. The van der Waals surface area contributed by atoms with Crippen molar-refractivity contribution < 1.29 is 0 Å². The first-order valence-corrected chi connectivity index (χ1v) is 6.07. The maximum atomic E-state index is 5.79. The van der Waals surface area contributed by atoms with Crippen LogP contribution >= 0.6 is 0 Å². The molecule has 2 nitrogen and oxygen atoms in total. The first-order valence-electron chi connectivity index (χ1n) is 6.07. The molecule has 2 fully saturated rings. The van der Waals surface area contributed by atoms with Crippen molar-refractivity contribution in [2.24, 2.45) is 11.1 Å². The van der Waals surface area contributed by atoms with Crippen molar-refractivity contribution in [1.29, 1.82) is 0 Å². The molecular weight excluding hydrogens is 172 g/mol. The number of nitrogens with two attached hydrogens (primary N) is 1. The fourth-order valence-electron chi connectivity index (χ4n) is 2.97. The zero-order valence-electron chi connectivity index (χ0n) is 9.55. The zero-order chi connectivity index (χ0) is 10.2. The fraction of sp³-hybridized carbons (Fsp3) is 1.00. The molecule has 3 N–H and O–H groups in total. The molecular formula is C12H24N2. The first-order chi connectivity index (χ1) is 6.55. The normalized spacial score (nSPS) is 41.8. The molecule has 0 aromatic carbocycles. The van der Waals surface area contributed by atoms with Gasteiger partial charge in [0.2, 0.25) is 0 Å². The smallest absolute Gasteiger partial charge is 0.00991 e. The Bertz CT molecular complexity index is 194. The van der Waals surface area contributed by atoms with Crippen LogP contribution in [0.5, 0.6) is 0 Å². The van der Waals surface area contributed by atoms with Gasteiger partial charge in [-0.1, -0.05) is 20.3 Å². The van der Waals surface area contributed by atoms with Gasteiger partial charge < -0.3 is 11.1 Å². The SMILES string of the molecule is CC1(C)CCCC(NC2CC(N)C2)C1. The van der Waals surface area contributed by atoms with E-state index >= 15 is 0 Å². The Hall–Kier alpha value is -0.0800. The van der Waals surface area contributed by atoms with E-state index in [2.05, 4.69) is 19.2 Å². The van der Waals surface area contributed by atoms with Gasteiger partial charge in [-0.3, -0.25) is 0 Å². The summed E-state index contributed by atoms with van der Waals surface area (Å²) in [7, 11) is 0. The van der Waals surface area contributed by atoms with Crippen LogP contribution in [0.25, 0.3) is 0 Å². The van der Waals surface area contributed by atoms with Gasteiger partial charge in [0, 0.05) is 18.1 Å². The maximum Gasteiger partial charge on any atom is 0.00991 e. The Morgan fingerprint density at radius 1 is 1.21 bits per heavy atom. The minimum Gasteiger partial charge on any atom is -0.328 e. The predicted octanol–water partition coefficient (Wildman–Crippen LogP) is 2.03. The van der Waals surface area contributed by atoms with Crippen molar-refractivity contribution in [3.8, 4) is 0 Å². The van der Waals surface area contributed by atoms with Gasteiger partial charge in [-0.25, -0.2) is 0 Å². The van der Waals surface area contributed by atoms with E-state index in [1.54, 1.807) is 0 Å². The summed E-state index contributed by atoms with van der Waals surface area (Å²) in [5, 5.41) is 3.76. The van der Waals surface area contributed by atoms with Gasteiger partial charge >= 0.3 is 0 Å². The van der Waals surface area contributed by atoms with E-state index in [0.29, 0.717) is 11.5 Å². The lowest BCUT2D eigenvalue weighted by Gasteiger charge is -2.41. The van der Waals surface area contributed by atoms with Crippen molar-refractivity contribution in [2.45, 2.75) is 70.5 Å². The van der Waals surface area contributed by atoms with Crippen molar-refractivity contribution in [3.05, 3.63) is 0 Å². The number of hydrogen-bond acceptors (Lipinski definition) is 2. The highest BCUT2D eigenvalue weighted by atomic mass is 15.0. The van der Waals surface area contributed by atoms with Gasteiger partial charge in [0.25, 0.3) is 0 Å². The van der Waals surface area contributed by atoms with Crippen LogP contribution in [0.4, 0.5) is 0 Å². The summed E-state index contributed by atoms with van der Waals surface area (Å²) in [6.45, 7) is 4.79. The lowest BCUT2D eigenvalue weighted by Crippen LogP contribution is -2.53. The lowest BCUT2D eigenvalue weighted by atomic mass is 9.74. The second-order valence-corrected chi connectivity index (χ2v) is 6.05. The fourth-order valence-corrected chi connectivity index (χ4v) is 2.97. The monoisotopic (exact) mass is 196 g/mol. The topological polar surface area (TPSA) is 38.0 Å². The van der Waals surface area contributed by atoms with E-state index in [-0.39, 0.29) is 0 Å². The third-order valence-corrected chi connectivity index (χ3v) is 3.85. The quantitative estimate of drug-likeness (QED) is 0.709. The molecule has 2 saturated carbocycles. The van der Waals surface area contributed by atoms with Gasteiger partial charge in [-0.2, -0.15) is 0 Å². The largest absolute Gasteiger partial charge is 0.328 e. The molecule has 82 valence electrons. The molecule has 0 aliphatic heterocycles. The van der Waals surface area contributed by atoms with Crippen LogP contribution in [0, 0.1) is 5.41 Å². The summed E-state index contributed by atoms with van der Waals surface area (Å²) in [5.74, 6) is 0. The number of rotatable bonds is 2. The standard InChI is InChI=1S/C12H24N2/c1-12(2)5-3-4-10(8-12)14-11-6-9(13)7-11/h9-11,14H,3-8,13H2,1-2H3. The summed E-state index contributed by atoms with van der Waals surface area (Å²) in [6, 6.07) is 1.96. The molecule has 0 amide bonds. The van der Waals surface area contributed by atoms with Crippen molar-refractivity contribution in [2.75, 3.05) is 0 Å². The summed E-state index contributed by atoms with van der Waals surface area (Å²) >= 11 is 0. The van der Waals surface area contributed by atoms with Crippen LogP contribution in [-0.4, -0.2) is 18.1 Å². The Kier molecular flexibility index (Phi) is 2.85. The third-order valence-electron chi connectivity index (χ3n) is 3.85. The molecule has 1 unspecified atom stereocenters. The highest BCUT2D eigenvalue weighted by molar-refractivity contribution is 4.92. The van der Waals surface area contributed by atoms with Gasteiger partial charge in [0.1, 0.15) is 0 Å². The van der Waals surface area contributed by atoms with Crippen LogP contribution < -0.4 is 11.1 Å². The summed E-state index contributed by atoms with van der Waals surface area (Å²) in [6.07, 6.45) is 7.89. The van der Waals surface area contributed by atoms with Gasteiger partial charge in [0.15, 0.2) is 0 Å². The average Bonchev–Trinajstić information content (AvgIpc) is 1.99. The van der Waals surface area contributed by atoms with E-state index in [4.69, 9.17) is 5.73 Å². The Morgan fingerprint density at radius 3 is 2.50 bits per heavy atom. The number of nitrogens with one attached hydrogen (secondary N) is 1. The highest BCUT2D eigenvalue weighted by Gasteiger charge is 2.32. The predicted molar refractivity (Wildman–Crippen MR) is 60.2 cm³/mol. The molecule has 14 heavy (non-hydrogen) atoms. The molecule has 0 aromatic heterocycles. The van der Waals surface area contributed by atoms with E-state index in [1.807, 2.05) is 0 Å². The van der Waals surface area contributed by atoms with Crippen LogP contribution in [0.15, 0.2) is 0 Å². The van der Waals surface area contributed by atoms with Gasteiger partial charge in [-0.15, -0.1) is 0 Å². The second-order valence-electron chi connectivity index (χ2n) is 6.05. The molecule has 0 aromatic rings. The van der Waals surface area contributed by atoms with Crippen LogP contribution in [0.1, 0.15) is 52.4 Å². The van der Waals surface area contributed by atoms with Crippen molar-refractivity contribution >= 4 is 0 Å². The van der Waals surface area contributed by atoms with Crippen LogP contribution in [0.3, 0.4) is 0 Å². The number of hydrogen-bond donors (Lipinski definition) is 2. The minimum absolute atomic E-state index is 0.476. The molecule has 1 atom stereocenters. The van der Waals surface area contributed by atoms with E-state index in [1.165, 1.54) is 38.5 Å². The summed E-state index contributed by atoms with van der Waals surface area (Å²) in [4.78, 5) is 0. The van der Waals surface area contributed by atoms with Gasteiger partial charge in [-0.05, 0) is 37.5 Å². The Morgan fingerprint density at radius 2 is 1.93 bits per heavy atom. The Labute approximate surface area is 87.6 Å². The van der Waals surface area contributed by atoms with E-state index in [0.717, 1.165) is 12.1 Å². The average molecular weight is 196 g/mol. The molecule has 0 radical (unpaired) electrons. The molecule has 2 aliphatic rings. The van der Waals surface area contributed by atoms with Crippen LogP contribution in [-0.2, 0) is 0 Å². The van der Waals surface area contributed by atoms with Gasteiger partial charge in [0.05, 0.1) is 0 Å². The molecule has 2 rings (SSSR count). The summed E-state index contributed by atoms with van der Waals surface area (Å²) in [5.41, 5.74) is 6.34. The molecule has 0 saturated heterocycles. The van der Waals surface area contributed by atoms with E-state index in [9.17, 15) is 0 Å². The van der Waals surface area contributed by atoms with Crippen LogP contribution in [0.2, 0.25) is 0 Å². The lowest BCUT2D eigenvalue weighted by molar-refractivity contribution is 0.165. The van der Waals surface area contributed by atoms with Crippen molar-refractivity contribution in [1.82, 2.24) is 5.32 Å². The highest BCUT2D eigenvalue weighted by Crippen LogP contribution is 2.35. The first kappa shape index (κ1) is 10.4. The summed E-state index contributed by atoms with van der Waals surface area (Å²) < 4.78 is 0. The molecule has 0 bridgehead atoms. The zero-order valence-corrected chi connectivity index (χ0v) is 9.55. The Balaban J connectivity index is 1.75. The maximum absolute atomic E-state index is 5.79. The molecule has 0 heterocycles.